The zero-order valence-electron chi connectivity index (χ0n) is 17.5. The van der Waals surface area contributed by atoms with Crippen molar-refractivity contribution in [2.75, 3.05) is 44.7 Å². The highest BCUT2D eigenvalue weighted by molar-refractivity contribution is 7.89. The first-order valence-electron chi connectivity index (χ1n) is 10.1. The van der Waals surface area contributed by atoms with Crippen LogP contribution < -0.4 is 4.90 Å². The second-order valence-electron chi connectivity index (χ2n) is 7.62. The van der Waals surface area contributed by atoms with Gasteiger partial charge in [-0.3, -0.25) is 9.58 Å². The van der Waals surface area contributed by atoms with Crippen LogP contribution in [-0.4, -0.2) is 83.2 Å². The summed E-state index contributed by atoms with van der Waals surface area (Å²) in [4.78, 5) is 13.3. The highest BCUT2D eigenvalue weighted by atomic mass is 32.2. The average molecular weight is 422 g/mol. The number of sulfonamides is 1. The summed E-state index contributed by atoms with van der Waals surface area (Å²) in [6, 6.07) is 3.32. The van der Waals surface area contributed by atoms with Gasteiger partial charge in [-0.05, 0) is 45.4 Å². The predicted molar refractivity (Wildman–Crippen MR) is 112 cm³/mol. The minimum absolute atomic E-state index is 0.0981. The Morgan fingerprint density at radius 1 is 1.07 bits per heavy atom. The quantitative estimate of drug-likeness (QED) is 0.564. The van der Waals surface area contributed by atoms with Crippen molar-refractivity contribution < 1.29 is 8.42 Å². The number of aryl methyl sites for hydroxylation is 1. The van der Waals surface area contributed by atoms with Crippen LogP contribution in [0.2, 0.25) is 0 Å². The Hall–Kier alpha value is -2.04. The Morgan fingerprint density at radius 3 is 2.38 bits per heavy atom. The third-order valence-electron chi connectivity index (χ3n) is 5.31. The lowest BCUT2D eigenvalue weighted by atomic mass is 10.2. The van der Waals surface area contributed by atoms with Crippen molar-refractivity contribution in [2.45, 2.75) is 44.3 Å². The molecule has 0 amide bonds. The van der Waals surface area contributed by atoms with E-state index in [1.165, 1.54) is 4.31 Å². The van der Waals surface area contributed by atoms with E-state index in [0.29, 0.717) is 0 Å². The van der Waals surface area contributed by atoms with Crippen molar-refractivity contribution in [2.24, 2.45) is 0 Å². The van der Waals surface area contributed by atoms with Crippen LogP contribution in [-0.2, 0) is 16.6 Å². The van der Waals surface area contributed by atoms with Gasteiger partial charge in [0.2, 0.25) is 5.95 Å². The van der Waals surface area contributed by atoms with E-state index in [1.807, 2.05) is 19.9 Å². The molecule has 1 saturated heterocycles. The van der Waals surface area contributed by atoms with Crippen LogP contribution in [0.25, 0.3) is 0 Å². The number of hydrogen-bond donors (Lipinski definition) is 0. The predicted octanol–water partition coefficient (Wildman–Crippen LogP) is 1.30. The summed E-state index contributed by atoms with van der Waals surface area (Å²) in [5, 5.41) is 4.38. The van der Waals surface area contributed by atoms with Gasteiger partial charge < -0.3 is 4.90 Å². The maximum atomic E-state index is 12.5. The molecule has 9 nitrogen and oxygen atoms in total. The molecule has 10 heteroatoms. The van der Waals surface area contributed by atoms with Gasteiger partial charge in [-0.15, -0.1) is 0 Å². The third-order valence-corrected chi connectivity index (χ3v) is 7.23. The molecule has 0 aliphatic carbocycles. The summed E-state index contributed by atoms with van der Waals surface area (Å²) in [5.74, 6) is 0.805. The largest absolute Gasteiger partial charge is 0.338 e. The summed E-state index contributed by atoms with van der Waals surface area (Å²) in [6.45, 7) is 9.34. The van der Waals surface area contributed by atoms with Crippen molar-refractivity contribution in [1.82, 2.24) is 29.0 Å². The Morgan fingerprint density at radius 2 is 1.72 bits per heavy atom. The first-order chi connectivity index (χ1) is 13.9. The molecule has 3 heterocycles. The average Bonchev–Trinajstić information content (AvgIpc) is 3.21. The molecule has 1 aliphatic rings. The molecule has 1 aliphatic heterocycles. The fourth-order valence-corrected chi connectivity index (χ4v) is 4.56. The number of unbranched alkanes of at least 4 members (excludes halogenated alkanes) is 1. The normalized spacial score (nSPS) is 16.1. The molecule has 2 aromatic rings. The molecule has 160 valence electrons. The summed E-state index contributed by atoms with van der Waals surface area (Å²) in [7, 11) is -1.93. The second-order valence-corrected chi connectivity index (χ2v) is 9.56. The third kappa shape index (κ3) is 5.52. The molecule has 29 heavy (non-hydrogen) atoms. The Labute approximate surface area is 173 Å². The molecule has 0 atom stereocenters. The summed E-state index contributed by atoms with van der Waals surface area (Å²) in [5.41, 5.74) is 0. The van der Waals surface area contributed by atoms with Gasteiger partial charge in [-0.25, -0.2) is 18.4 Å². The van der Waals surface area contributed by atoms with Gasteiger partial charge in [0.15, 0.2) is 5.03 Å². The molecule has 0 unspecified atom stereocenters. The molecule has 3 rings (SSSR count). The number of hydrogen-bond acceptors (Lipinski definition) is 7. The highest BCUT2D eigenvalue weighted by Gasteiger charge is 2.25. The van der Waals surface area contributed by atoms with Gasteiger partial charge >= 0.3 is 0 Å². The lowest BCUT2D eigenvalue weighted by Gasteiger charge is -2.34. The lowest BCUT2D eigenvalue weighted by molar-refractivity contribution is 0.249. The number of rotatable bonds is 9. The lowest BCUT2D eigenvalue weighted by Crippen LogP contribution is -2.47. The van der Waals surface area contributed by atoms with Crippen molar-refractivity contribution in [3.8, 4) is 0 Å². The second kappa shape index (κ2) is 9.64. The minimum Gasteiger partial charge on any atom is -0.338 e. The molecule has 0 spiro atoms. The fraction of sp³-hybridized carbons (Fsp3) is 0.632. The molecule has 1 fully saturated rings. The Balaban J connectivity index is 1.39. The van der Waals surface area contributed by atoms with E-state index in [4.69, 9.17) is 0 Å². The number of aromatic nitrogens is 4. The first-order valence-corrected chi connectivity index (χ1v) is 11.6. The van der Waals surface area contributed by atoms with Crippen LogP contribution in [0, 0.1) is 0 Å². The fourth-order valence-electron chi connectivity index (χ4n) is 3.27. The summed E-state index contributed by atoms with van der Waals surface area (Å²) in [6.07, 6.45) is 7.32. The summed E-state index contributed by atoms with van der Waals surface area (Å²) >= 11 is 0. The van der Waals surface area contributed by atoms with Gasteiger partial charge in [0.05, 0.1) is 0 Å². The molecule has 0 radical (unpaired) electrons. The zero-order valence-corrected chi connectivity index (χ0v) is 18.3. The molecular weight excluding hydrogens is 390 g/mol. The van der Waals surface area contributed by atoms with Crippen molar-refractivity contribution in [1.29, 1.82) is 0 Å². The first kappa shape index (κ1) is 21.7. The Kier molecular flexibility index (Phi) is 7.20. The van der Waals surface area contributed by atoms with Gasteiger partial charge in [-0.2, -0.15) is 9.40 Å². The smallest absolute Gasteiger partial charge is 0.262 e. The van der Waals surface area contributed by atoms with Crippen LogP contribution >= 0.6 is 0 Å². The van der Waals surface area contributed by atoms with Crippen molar-refractivity contribution in [3.63, 3.8) is 0 Å². The molecule has 0 saturated carbocycles. The van der Waals surface area contributed by atoms with Gasteiger partial charge in [0.1, 0.15) is 0 Å². The van der Waals surface area contributed by atoms with Crippen LogP contribution in [0.15, 0.2) is 35.7 Å². The maximum Gasteiger partial charge on any atom is 0.262 e. The maximum absolute atomic E-state index is 12.5. The van der Waals surface area contributed by atoms with E-state index < -0.39 is 10.0 Å². The minimum atomic E-state index is -3.52. The van der Waals surface area contributed by atoms with Crippen molar-refractivity contribution >= 4 is 16.0 Å². The van der Waals surface area contributed by atoms with Crippen LogP contribution in [0.5, 0.6) is 0 Å². The molecule has 0 bridgehead atoms. The van der Waals surface area contributed by atoms with Crippen LogP contribution in [0.4, 0.5) is 5.95 Å². The highest BCUT2D eigenvalue weighted by Crippen LogP contribution is 2.15. The van der Waals surface area contributed by atoms with E-state index in [9.17, 15) is 8.42 Å². The molecule has 2 aromatic heterocycles. The van der Waals surface area contributed by atoms with Gasteiger partial charge in [0, 0.05) is 64.4 Å². The van der Waals surface area contributed by atoms with E-state index in [-0.39, 0.29) is 11.1 Å². The number of anilines is 1. The molecule has 0 aromatic carbocycles. The number of nitrogens with zero attached hydrogens (tertiary/aromatic N) is 7. The van der Waals surface area contributed by atoms with Gasteiger partial charge in [0.25, 0.3) is 10.0 Å². The van der Waals surface area contributed by atoms with E-state index >= 15 is 0 Å². The Bertz CT molecular complexity index is 862. The van der Waals surface area contributed by atoms with E-state index in [1.54, 1.807) is 36.4 Å². The van der Waals surface area contributed by atoms with Crippen molar-refractivity contribution in [3.05, 3.63) is 30.7 Å². The van der Waals surface area contributed by atoms with E-state index in [0.717, 1.165) is 58.1 Å². The van der Waals surface area contributed by atoms with Crippen LogP contribution in [0.3, 0.4) is 0 Å². The van der Waals surface area contributed by atoms with Crippen LogP contribution in [0.1, 0.15) is 26.7 Å². The molecule has 0 N–H and O–H groups in total. The topological polar surface area (TPSA) is 87.5 Å². The number of piperazine rings is 1. The standard InChI is InChI=1S/C19H31N7O2S/c1-17(2)23(3)29(27,28)18-7-12-26(22-18)11-5-4-10-24-13-15-25(16-14-24)19-20-8-6-9-21-19/h6-9,12,17H,4-5,10-11,13-16H2,1-3H3. The summed E-state index contributed by atoms with van der Waals surface area (Å²) < 4.78 is 28.0. The SMILES string of the molecule is CC(C)N(C)S(=O)(=O)c1ccn(CCCCN2CCN(c3ncccn3)CC2)n1. The zero-order chi connectivity index (χ0) is 20.9. The van der Waals surface area contributed by atoms with E-state index in [2.05, 4.69) is 24.9 Å². The monoisotopic (exact) mass is 421 g/mol. The van der Waals surface area contributed by atoms with Gasteiger partial charge in [-0.1, -0.05) is 0 Å². The molecular formula is C19H31N7O2S.